The van der Waals surface area contributed by atoms with Gasteiger partial charge in [0.1, 0.15) is 0 Å². The average molecular weight is 249 g/mol. The van der Waals surface area contributed by atoms with E-state index >= 15 is 0 Å². The first-order valence-electron chi connectivity index (χ1n) is 6.49. The molecule has 0 fully saturated rings. The van der Waals surface area contributed by atoms with Crippen LogP contribution in [0.5, 0.6) is 0 Å². The molecule has 0 heterocycles. The van der Waals surface area contributed by atoms with Crippen LogP contribution < -0.4 is 0 Å². The number of carboxylic acid groups (broad SMARTS) is 1. The summed E-state index contributed by atoms with van der Waals surface area (Å²) in [4.78, 5) is 13.2. The zero-order valence-electron chi connectivity index (χ0n) is 11.7. The van der Waals surface area contributed by atoms with Gasteiger partial charge in [-0.1, -0.05) is 38.1 Å². The van der Waals surface area contributed by atoms with Gasteiger partial charge in [-0.05, 0) is 31.5 Å². The van der Waals surface area contributed by atoms with Gasteiger partial charge in [0, 0.05) is 12.6 Å². The van der Waals surface area contributed by atoms with E-state index in [9.17, 15) is 4.79 Å². The van der Waals surface area contributed by atoms with Crippen molar-refractivity contribution in [2.75, 3.05) is 13.1 Å². The molecule has 0 spiro atoms. The molecule has 0 aliphatic carbocycles. The molecule has 1 N–H and O–H groups in total. The summed E-state index contributed by atoms with van der Waals surface area (Å²) in [7, 11) is 0. The number of rotatable bonds is 6. The van der Waals surface area contributed by atoms with E-state index in [4.69, 9.17) is 5.11 Å². The molecule has 18 heavy (non-hydrogen) atoms. The summed E-state index contributed by atoms with van der Waals surface area (Å²) in [6.07, 6.45) is 0. The molecule has 3 heteroatoms. The molecule has 100 valence electrons. The highest BCUT2D eigenvalue weighted by Crippen LogP contribution is 2.23. The minimum absolute atomic E-state index is 0.248. The highest BCUT2D eigenvalue weighted by atomic mass is 16.4. The lowest BCUT2D eigenvalue weighted by Crippen LogP contribution is -2.34. The van der Waals surface area contributed by atoms with E-state index in [0.29, 0.717) is 6.54 Å². The number of benzene rings is 1. The lowest BCUT2D eigenvalue weighted by Gasteiger charge is -2.30. The number of aliphatic carboxylic acids is 1. The molecule has 0 radical (unpaired) electrons. The molecular formula is C15H23NO2. The standard InChI is InChI=1S/C15H23NO2/c1-5-16(10-12(3)15(17)18)13(4)14-9-7-6-8-11(14)2/h6-9,12-13H,5,10H2,1-4H3,(H,17,18). The number of hydrogen-bond donors (Lipinski definition) is 1. The predicted molar refractivity (Wildman–Crippen MR) is 73.6 cm³/mol. The summed E-state index contributed by atoms with van der Waals surface area (Å²) >= 11 is 0. The quantitative estimate of drug-likeness (QED) is 0.842. The van der Waals surface area contributed by atoms with E-state index in [1.807, 2.05) is 12.1 Å². The Balaban J connectivity index is 2.83. The van der Waals surface area contributed by atoms with Gasteiger partial charge >= 0.3 is 5.97 Å². The van der Waals surface area contributed by atoms with Crippen molar-refractivity contribution in [2.45, 2.75) is 33.7 Å². The van der Waals surface area contributed by atoms with Crippen LogP contribution in [0.25, 0.3) is 0 Å². The SMILES string of the molecule is CCN(CC(C)C(=O)O)C(C)c1ccccc1C. The Labute approximate surface area is 109 Å². The van der Waals surface area contributed by atoms with Crippen LogP contribution in [0, 0.1) is 12.8 Å². The van der Waals surface area contributed by atoms with Crippen LogP contribution in [0.4, 0.5) is 0 Å². The van der Waals surface area contributed by atoms with Gasteiger partial charge in [-0.2, -0.15) is 0 Å². The van der Waals surface area contributed by atoms with Crippen molar-refractivity contribution in [1.82, 2.24) is 4.90 Å². The zero-order chi connectivity index (χ0) is 13.7. The van der Waals surface area contributed by atoms with E-state index in [0.717, 1.165) is 6.54 Å². The molecule has 1 aromatic carbocycles. The second kappa shape index (κ2) is 6.55. The molecule has 0 aromatic heterocycles. The van der Waals surface area contributed by atoms with Crippen LogP contribution in [-0.4, -0.2) is 29.1 Å². The maximum Gasteiger partial charge on any atom is 0.307 e. The minimum Gasteiger partial charge on any atom is -0.481 e. The minimum atomic E-state index is -0.731. The molecule has 0 bridgehead atoms. The first-order chi connectivity index (χ1) is 8.47. The number of hydrogen-bond acceptors (Lipinski definition) is 2. The largest absolute Gasteiger partial charge is 0.481 e. The van der Waals surface area contributed by atoms with Gasteiger partial charge in [-0.3, -0.25) is 9.69 Å². The van der Waals surface area contributed by atoms with Crippen molar-refractivity contribution >= 4 is 5.97 Å². The van der Waals surface area contributed by atoms with Crippen molar-refractivity contribution < 1.29 is 9.90 Å². The predicted octanol–water partition coefficient (Wildman–Crippen LogP) is 3.10. The molecule has 2 atom stereocenters. The number of carbonyl (C=O) groups is 1. The van der Waals surface area contributed by atoms with Gasteiger partial charge in [0.2, 0.25) is 0 Å². The summed E-state index contributed by atoms with van der Waals surface area (Å²) < 4.78 is 0. The first-order valence-corrected chi connectivity index (χ1v) is 6.49. The van der Waals surface area contributed by atoms with Crippen LogP contribution in [-0.2, 0) is 4.79 Å². The Morgan fingerprint density at radius 3 is 2.44 bits per heavy atom. The molecule has 2 unspecified atom stereocenters. The lowest BCUT2D eigenvalue weighted by molar-refractivity contribution is -0.141. The van der Waals surface area contributed by atoms with E-state index in [1.54, 1.807) is 6.92 Å². The molecular weight excluding hydrogens is 226 g/mol. The maximum absolute atomic E-state index is 11.0. The Morgan fingerprint density at radius 1 is 1.33 bits per heavy atom. The maximum atomic E-state index is 11.0. The average Bonchev–Trinajstić information content (AvgIpc) is 2.35. The third kappa shape index (κ3) is 3.57. The van der Waals surface area contributed by atoms with Gasteiger partial charge in [-0.15, -0.1) is 0 Å². The Morgan fingerprint density at radius 2 is 1.94 bits per heavy atom. The van der Waals surface area contributed by atoms with Gasteiger partial charge in [-0.25, -0.2) is 0 Å². The second-order valence-corrected chi connectivity index (χ2v) is 4.86. The molecule has 0 saturated heterocycles. The fourth-order valence-corrected chi connectivity index (χ4v) is 2.24. The smallest absolute Gasteiger partial charge is 0.307 e. The van der Waals surface area contributed by atoms with E-state index < -0.39 is 5.97 Å². The van der Waals surface area contributed by atoms with Gasteiger partial charge in [0.15, 0.2) is 0 Å². The fraction of sp³-hybridized carbons (Fsp3) is 0.533. The van der Waals surface area contributed by atoms with Gasteiger partial charge in [0.05, 0.1) is 5.92 Å². The van der Waals surface area contributed by atoms with E-state index in [-0.39, 0.29) is 12.0 Å². The van der Waals surface area contributed by atoms with Crippen molar-refractivity contribution in [3.8, 4) is 0 Å². The summed E-state index contributed by atoms with van der Waals surface area (Å²) in [5, 5.41) is 9.01. The monoisotopic (exact) mass is 249 g/mol. The van der Waals surface area contributed by atoms with Crippen molar-refractivity contribution in [3.63, 3.8) is 0 Å². The normalized spacial score (nSPS) is 14.5. The summed E-state index contributed by atoms with van der Waals surface area (Å²) in [5.41, 5.74) is 2.53. The second-order valence-electron chi connectivity index (χ2n) is 4.86. The Bertz CT molecular complexity index is 403. The molecule has 3 nitrogen and oxygen atoms in total. The first kappa shape index (κ1) is 14.7. The Kier molecular flexibility index (Phi) is 5.35. The van der Waals surface area contributed by atoms with Gasteiger partial charge < -0.3 is 5.11 Å². The lowest BCUT2D eigenvalue weighted by atomic mass is 10.0. The zero-order valence-corrected chi connectivity index (χ0v) is 11.7. The van der Waals surface area contributed by atoms with E-state index in [1.165, 1.54) is 11.1 Å². The van der Waals surface area contributed by atoms with E-state index in [2.05, 4.69) is 37.8 Å². The van der Waals surface area contributed by atoms with Crippen LogP contribution in [0.1, 0.15) is 37.9 Å². The Hall–Kier alpha value is -1.35. The summed E-state index contributed by atoms with van der Waals surface area (Å²) in [6.45, 7) is 9.51. The molecule has 0 aliphatic rings. The van der Waals surface area contributed by atoms with Crippen LogP contribution in [0.2, 0.25) is 0 Å². The highest BCUT2D eigenvalue weighted by molar-refractivity contribution is 5.69. The molecule has 0 amide bonds. The molecule has 0 aliphatic heterocycles. The van der Waals surface area contributed by atoms with Crippen molar-refractivity contribution in [1.29, 1.82) is 0 Å². The molecule has 1 rings (SSSR count). The summed E-state index contributed by atoms with van der Waals surface area (Å²) in [6, 6.07) is 8.53. The van der Waals surface area contributed by atoms with Crippen LogP contribution in [0.15, 0.2) is 24.3 Å². The third-order valence-corrected chi connectivity index (χ3v) is 3.52. The number of carboxylic acids is 1. The molecule has 0 saturated carbocycles. The van der Waals surface area contributed by atoms with Crippen molar-refractivity contribution in [2.24, 2.45) is 5.92 Å². The van der Waals surface area contributed by atoms with Crippen molar-refractivity contribution in [3.05, 3.63) is 35.4 Å². The van der Waals surface area contributed by atoms with Gasteiger partial charge in [0.25, 0.3) is 0 Å². The van der Waals surface area contributed by atoms with Crippen LogP contribution >= 0.6 is 0 Å². The number of aryl methyl sites for hydroxylation is 1. The fourth-order valence-electron chi connectivity index (χ4n) is 2.24. The highest BCUT2D eigenvalue weighted by Gasteiger charge is 2.20. The molecule has 1 aromatic rings. The third-order valence-electron chi connectivity index (χ3n) is 3.52. The summed E-state index contributed by atoms with van der Waals surface area (Å²) in [5.74, 6) is -1.07. The van der Waals surface area contributed by atoms with Crippen LogP contribution in [0.3, 0.4) is 0 Å². The topological polar surface area (TPSA) is 40.5 Å². The number of nitrogens with zero attached hydrogens (tertiary/aromatic N) is 1.